The van der Waals surface area contributed by atoms with Crippen LogP contribution in [-0.4, -0.2) is 32.0 Å². The number of aromatic carboxylic acids is 1. The standard InChI is InChI=1S/C12H14N4O3/c1-12(2,11(13)19)6-16-9-4-3-7(10(17)18)5-8(9)14-15-16/h3-5H,6H2,1-2H3,(H2,13,19)(H,17,18). The van der Waals surface area contributed by atoms with Gasteiger partial charge in [0.15, 0.2) is 0 Å². The lowest BCUT2D eigenvalue weighted by molar-refractivity contribution is -0.126. The average Bonchev–Trinajstić information content (AvgIpc) is 2.71. The van der Waals surface area contributed by atoms with E-state index in [1.54, 1.807) is 24.6 Å². The number of carbonyl (C=O) groups excluding carboxylic acids is 1. The SMILES string of the molecule is CC(C)(Cn1nnc2cc(C(=O)O)ccc21)C(N)=O. The van der Waals surface area contributed by atoms with Crippen molar-refractivity contribution in [1.29, 1.82) is 0 Å². The highest BCUT2D eigenvalue weighted by molar-refractivity contribution is 5.92. The average molecular weight is 262 g/mol. The maximum Gasteiger partial charge on any atom is 0.335 e. The van der Waals surface area contributed by atoms with E-state index in [2.05, 4.69) is 10.3 Å². The largest absolute Gasteiger partial charge is 0.478 e. The van der Waals surface area contributed by atoms with Crippen LogP contribution in [0.15, 0.2) is 18.2 Å². The molecule has 0 saturated heterocycles. The van der Waals surface area contributed by atoms with Crippen LogP contribution in [0, 0.1) is 5.41 Å². The number of benzene rings is 1. The molecule has 3 N–H and O–H groups in total. The van der Waals surface area contributed by atoms with Crippen molar-refractivity contribution < 1.29 is 14.7 Å². The Morgan fingerprint density at radius 1 is 1.42 bits per heavy atom. The van der Waals surface area contributed by atoms with E-state index < -0.39 is 17.3 Å². The summed E-state index contributed by atoms with van der Waals surface area (Å²) >= 11 is 0. The van der Waals surface area contributed by atoms with Crippen LogP contribution >= 0.6 is 0 Å². The summed E-state index contributed by atoms with van der Waals surface area (Å²) in [6.45, 7) is 3.72. The predicted octanol–water partition coefficient (Wildman–Crippen LogP) is 0.641. The van der Waals surface area contributed by atoms with Crippen LogP contribution in [0.5, 0.6) is 0 Å². The minimum atomic E-state index is -1.02. The van der Waals surface area contributed by atoms with E-state index in [0.29, 0.717) is 11.0 Å². The molecule has 7 nitrogen and oxygen atoms in total. The topological polar surface area (TPSA) is 111 Å². The molecular weight excluding hydrogens is 248 g/mol. The number of hydrogen-bond acceptors (Lipinski definition) is 4. The third-order valence-electron chi connectivity index (χ3n) is 2.97. The number of primary amides is 1. The molecule has 0 atom stereocenters. The van der Waals surface area contributed by atoms with Gasteiger partial charge in [-0.2, -0.15) is 0 Å². The van der Waals surface area contributed by atoms with Gasteiger partial charge >= 0.3 is 5.97 Å². The van der Waals surface area contributed by atoms with E-state index >= 15 is 0 Å². The van der Waals surface area contributed by atoms with Crippen LogP contribution < -0.4 is 5.73 Å². The van der Waals surface area contributed by atoms with Gasteiger partial charge in [-0.05, 0) is 32.0 Å². The molecular formula is C12H14N4O3. The van der Waals surface area contributed by atoms with Crippen LogP contribution in [0.2, 0.25) is 0 Å². The van der Waals surface area contributed by atoms with Gasteiger partial charge in [-0.15, -0.1) is 5.10 Å². The normalized spacial score (nSPS) is 11.7. The highest BCUT2D eigenvalue weighted by Crippen LogP contribution is 2.20. The maximum atomic E-state index is 11.3. The van der Waals surface area contributed by atoms with E-state index in [0.717, 1.165) is 0 Å². The van der Waals surface area contributed by atoms with Crippen molar-refractivity contribution >= 4 is 22.9 Å². The second kappa shape index (κ2) is 4.34. The first-order valence-corrected chi connectivity index (χ1v) is 5.68. The first-order valence-electron chi connectivity index (χ1n) is 5.68. The first-order chi connectivity index (χ1) is 8.81. The molecule has 2 aromatic rings. The molecule has 0 unspecified atom stereocenters. The summed E-state index contributed by atoms with van der Waals surface area (Å²) in [4.78, 5) is 22.2. The number of carboxylic acid groups (broad SMARTS) is 1. The zero-order valence-corrected chi connectivity index (χ0v) is 10.6. The summed E-state index contributed by atoms with van der Waals surface area (Å²) in [5.74, 6) is -1.45. The molecule has 19 heavy (non-hydrogen) atoms. The van der Waals surface area contributed by atoms with Crippen LogP contribution in [0.4, 0.5) is 0 Å². The number of nitrogens with two attached hydrogens (primary N) is 1. The van der Waals surface area contributed by atoms with Crippen molar-refractivity contribution in [1.82, 2.24) is 15.0 Å². The lowest BCUT2D eigenvalue weighted by atomic mass is 9.93. The number of carbonyl (C=O) groups is 2. The van der Waals surface area contributed by atoms with E-state index in [9.17, 15) is 9.59 Å². The van der Waals surface area contributed by atoms with Crippen molar-refractivity contribution in [3.8, 4) is 0 Å². The van der Waals surface area contributed by atoms with Crippen LogP contribution in [0.1, 0.15) is 24.2 Å². The number of hydrogen-bond donors (Lipinski definition) is 2. The minimum Gasteiger partial charge on any atom is -0.478 e. The molecule has 0 aliphatic heterocycles. The van der Waals surface area contributed by atoms with Crippen LogP contribution in [0.25, 0.3) is 11.0 Å². The minimum absolute atomic E-state index is 0.147. The molecule has 1 heterocycles. The van der Waals surface area contributed by atoms with Gasteiger partial charge in [0.05, 0.1) is 23.0 Å². The monoisotopic (exact) mass is 262 g/mol. The summed E-state index contributed by atoms with van der Waals surface area (Å²) in [5.41, 5.74) is 5.84. The van der Waals surface area contributed by atoms with Gasteiger partial charge in [-0.25, -0.2) is 9.48 Å². The molecule has 0 aliphatic carbocycles. The number of nitrogens with zero attached hydrogens (tertiary/aromatic N) is 3. The molecule has 1 amide bonds. The number of amides is 1. The van der Waals surface area contributed by atoms with Crippen LogP contribution in [-0.2, 0) is 11.3 Å². The maximum absolute atomic E-state index is 11.3. The Balaban J connectivity index is 2.42. The van der Waals surface area contributed by atoms with E-state index in [-0.39, 0.29) is 12.1 Å². The Kier molecular flexibility index (Phi) is 2.97. The molecule has 0 radical (unpaired) electrons. The van der Waals surface area contributed by atoms with Gasteiger partial charge in [0, 0.05) is 0 Å². The molecule has 2 rings (SSSR count). The zero-order valence-electron chi connectivity index (χ0n) is 10.6. The zero-order chi connectivity index (χ0) is 14.2. The van der Waals surface area contributed by atoms with Crippen molar-refractivity contribution in [2.45, 2.75) is 20.4 Å². The summed E-state index contributed by atoms with van der Waals surface area (Å²) in [5, 5.41) is 16.7. The predicted molar refractivity (Wildman–Crippen MR) is 67.5 cm³/mol. The van der Waals surface area contributed by atoms with Crippen molar-refractivity contribution in [2.75, 3.05) is 0 Å². The molecule has 1 aromatic heterocycles. The number of carboxylic acids is 1. The Labute approximate surface area is 109 Å². The summed E-state index contributed by atoms with van der Waals surface area (Å²) in [6.07, 6.45) is 0. The fraction of sp³-hybridized carbons (Fsp3) is 0.333. The number of rotatable bonds is 4. The Bertz CT molecular complexity index is 660. The molecule has 7 heteroatoms. The molecule has 0 aliphatic rings. The van der Waals surface area contributed by atoms with E-state index in [1.165, 1.54) is 12.1 Å². The van der Waals surface area contributed by atoms with Crippen LogP contribution in [0.3, 0.4) is 0 Å². The quantitative estimate of drug-likeness (QED) is 0.839. The second-order valence-corrected chi connectivity index (χ2v) is 5.00. The van der Waals surface area contributed by atoms with Gasteiger partial charge in [0.1, 0.15) is 5.52 Å². The third kappa shape index (κ3) is 2.40. The smallest absolute Gasteiger partial charge is 0.335 e. The molecule has 0 saturated carbocycles. The van der Waals surface area contributed by atoms with Gasteiger partial charge < -0.3 is 10.8 Å². The number of fused-ring (bicyclic) bond motifs is 1. The van der Waals surface area contributed by atoms with E-state index in [1.807, 2.05) is 0 Å². The van der Waals surface area contributed by atoms with Gasteiger partial charge in [-0.1, -0.05) is 5.21 Å². The fourth-order valence-corrected chi connectivity index (χ4v) is 1.67. The van der Waals surface area contributed by atoms with Gasteiger partial charge in [0.25, 0.3) is 0 Å². The fourth-order valence-electron chi connectivity index (χ4n) is 1.67. The Morgan fingerprint density at radius 2 is 2.11 bits per heavy atom. The molecule has 0 bridgehead atoms. The summed E-state index contributed by atoms with van der Waals surface area (Å²) in [6, 6.07) is 4.54. The van der Waals surface area contributed by atoms with Gasteiger partial charge in [0.2, 0.25) is 5.91 Å². The van der Waals surface area contributed by atoms with Crippen molar-refractivity contribution in [3.05, 3.63) is 23.8 Å². The molecule has 100 valence electrons. The highest BCUT2D eigenvalue weighted by atomic mass is 16.4. The Morgan fingerprint density at radius 3 is 2.68 bits per heavy atom. The lowest BCUT2D eigenvalue weighted by Gasteiger charge is -2.19. The highest BCUT2D eigenvalue weighted by Gasteiger charge is 2.27. The summed E-state index contributed by atoms with van der Waals surface area (Å²) < 4.78 is 1.55. The lowest BCUT2D eigenvalue weighted by Crippen LogP contribution is -2.35. The molecule has 0 fully saturated rings. The molecule has 1 aromatic carbocycles. The third-order valence-corrected chi connectivity index (χ3v) is 2.97. The number of aromatic nitrogens is 3. The summed E-state index contributed by atoms with van der Waals surface area (Å²) in [7, 11) is 0. The van der Waals surface area contributed by atoms with Crippen molar-refractivity contribution in [2.24, 2.45) is 11.1 Å². The first kappa shape index (κ1) is 13.0. The van der Waals surface area contributed by atoms with Crippen molar-refractivity contribution in [3.63, 3.8) is 0 Å². The van der Waals surface area contributed by atoms with Gasteiger partial charge in [-0.3, -0.25) is 4.79 Å². The molecule has 0 spiro atoms. The second-order valence-electron chi connectivity index (χ2n) is 5.00. The Hall–Kier alpha value is -2.44. The van der Waals surface area contributed by atoms with E-state index in [4.69, 9.17) is 10.8 Å².